The summed E-state index contributed by atoms with van der Waals surface area (Å²) in [6.45, 7) is 3.99. The molecule has 0 aromatic heterocycles. The summed E-state index contributed by atoms with van der Waals surface area (Å²) in [6, 6.07) is 10.2. The molecule has 0 aliphatic carbocycles. The van der Waals surface area contributed by atoms with Gasteiger partial charge in [0.2, 0.25) is 5.91 Å². The van der Waals surface area contributed by atoms with E-state index in [2.05, 4.69) is 39.7 Å². The monoisotopic (exact) mass is 326 g/mol. The summed E-state index contributed by atoms with van der Waals surface area (Å²) in [7, 11) is 0. The number of rotatable bonds is 4. The third kappa shape index (κ3) is 4.29. The molecule has 6 nitrogen and oxygen atoms in total. The van der Waals surface area contributed by atoms with Gasteiger partial charge in [0.25, 0.3) is 5.91 Å². The van der Waals surface area contributed by atoms with E-state index in [-0.39, 0.29) is 11.8 Å². The van der Waals surface area contributed by atoms with E-state index in [1.807, 2.05) is 23.1 Å². The van der Waals surface area contributed by atoms with E-state index in [1.54, 1.807) is 0 Å². The predicted molar refractivity (Wildman–Crippen MR) is 93.3 cm³/mol. The minimum absolute atomic E-state index is 0.0468. The molecule has 1 fully saturated rings. The quantitative estimate of drug-likeness (QED) is 0.901. The Morgan fingerprint density at radius 2 is 1.88 bits per heavy atom. The first kappa shape index (κ1) is 16.4. The van der Waals surface area contributed by atoms with Crippen LogP contribution in [0.1, 0.15) is 18.4 Å². The number of nitrogens with zero attached hydrogens (tertiary/aromatic N) is 3. The highest BCUT2D eigenvalue weighted by molar-refractivity contribution is 6.39. The van der Waals surface area contributed by atoms with Crippen molar-refractivity contribution < 1.29 is 9.59 Å². The Morgan fingerprint density at radius 1 is 1.12 bits per heavy atom. The average Bonchev–Trinajstić information content (AvgIpc) is 2.63. The van der Waals surface area contributed by atoms with Crippen LogP contribution in [0.5, 0.6) is 0 Å². The van der Waals surface area contributed by atoms with Crippen LogP contribution in [0.4, 0.5) is 0 Å². The zero-order chi connectivity index (χ0) is 16.8. The summed E-state index contributed by atoms with van der Waals surface area (Å²) >= 11 is 0. The lowest BCUT2D eigenvalue weighted by atomic mass is 10.1. The van der Waals surface area contributed by atoms with Crippen LogP contribution >= 0.6 is 0 Å². The second-order valence-electron chi connectivity index (χ2n) is 6.00. The molecule has 1 aromatic rings. The van der Waals surface area contributed by atoms with Gasteiger partial charge in [-0.2, -0.15) is 5.10 Å². The number of carbonyl (C=O) groups is 2. The Kier molecular flexibility index (Phi) is 5.38. The number of hydrogen-bond donors (Lipinski definition) is 1. The smallest absolute Gasteiger partial charge is 0.270 e. The van der Waals surface area contributed by atoms with Gasteiger partial charge in [0, 0.05) is 45.6 Å². The highest BCUT2D eigenvalue weighted by atomic mass is 16.2. The van der Waals surface area contributed by atoms with E-state index in [9.17, 15) is 9.59 Å². The molecule has 0 unspecified atom stereocenters. The van der Waals surface area contributed by atoms with Crippen molar-refractivity contribution in [2.24, 2.45) is 5.10 Å². The average molecular weight is 326 g/mol. The molecular formula is C18H22N4O2. The van der Waals surface area contributed by atoms with Gasteiger partial charge in [0.05, 0.1) is 0 Å². The lowest BCUT2D eigenvalue weighted by molar-refractivity contribution is -0.126. The van der Waals surface area contributed by atoms with Crippen molar-refractivity contribution in [3.05, 3.63) is 42.0 Å². The Labute approximate surface area is 141 Å². The molecule has 126 valence electrons. The van der Waals surface area contributed by atoms with Crippen molar-refractivity contribution in [1.82, 2.24) is 15.2 Å². The first-order valence-corrected chi connectivity index (χ1v) is 8.31. The van der Waals surface area contributed by atoms with Crippen molar-refractivity contribution in [3.8, 4) is 0 Å². The molecule has 3 rings (SSSR count). The Bertz CT molecular complexity index is 646. The second-order valence-corrected chi connectivity index (χ2v) is 6.00. The minimum atomic E-state index is -0.124. The molecule has 0 atom stereocenters. The van der Waals surface area contributed by atoms with Crippen LogP contribution in [0, 0.1) is 0 Å². The van der Waals surface area contributed by atoms with Crippen molar-refractivity contribution >= 4 is 23.6 Å². The van der Waals surface area contributed by atoms with Crippen LogP contribution in [0.25, 0.3) is 6.08 Å². The molecule has 24 heavy (non-hydrogen) atoms. The number of hydrazone groups is 1. The molecule has 2 heterocycles. The molecule has 6 heteroatoms. The zero-order valence-electron chi connectivity index (χ0n) is 13.6. The number of benzene rings is 1. The van der Waals surface area contributed by atoms with Gasteiger partial charge < -0.3 is 4.90 Å². The topological polar surface area (TPSA) is 65.0 Å². The molecule has 2 aliphatic rings. The lowest BCUT2D eigenvalue weighted by Crippen LogP contribution is -2.51. The number of piperazine rings is 1. The van der Waals surface area contributed by atoms with Crippen LogP contribution in [-0.2, 0) is 9.59 Å². The van der Waals surface area contributed by atoms with Crippen molar-refractivity contribution in [1.29, 1.82) is 0 Å². The van der Waals surface area contributed by atoms with Gasteiger partial charge in [-0.3, -0.25) is 14.5 Å². The van der Waals surface area contributed by atoms with Gasteiger partial charge in [-0.1, -0.05) is 42.5 Å². The van der Waals surface area contributed by atoms with Gasteiger partial charge in [0.1, 0.15) is 5.71 Å². The van der Waals surface area contributed by atoms with Gasteiger partial charge in [0.15, 0.2) is 0 Å². The number of carbonyl (C=O) groups excluding carboxylic acids is 2. The van der Waals surface area contributed by atoms with Crippen LogP contribution in [0.3, 0.4) is 0 Å². The summed E-state index contributed by atoms with van der Waals surface area (Å²) < 4.78 is 0. The van der Waals surface area contributed by atoms with Crippen molar-refractivity contribution in [3.63, 3.8) is 0 Å². The molecule has 2 aliphatic heterocycles. The second kappa shape index (κ2) is 7.88. The summed E-state index contributed by atoms with van der Waals surface area (Å²) in [5, 5.41) is 3.89. The van der Waals surface area contributed by atoms with Crippen LogP contribution in [0.15, 0.2) is 41.5 Å². The summed E-state index contributed by atoms with van der Waals surface area (Å²) in [4.78, 5) is 27.6. The first-order chi connectivity index (χ1) is 11.7. The Morgan fingerprint density at radius 3 is 2.54 bits per heavy atom. The van der Waals surface area contributed by atoms with Crippen molar-refractivity contribution in [2.45, 2.75) is 12.8 Å². The van der Waals surface area contributed by atoms with Crippen molar-refractivity contribution in [2.75, 3.05) is 32.7 Å². The Hall–Kier alpha value is -2.47. The molecule has 0 bridgehead atoms. The molecule has 0 saturated carbocycles. The highest BCUT2D eigenvalue weighted by Crippen LogP contribution is 2.08. The first-order valence-electron chi connectivity index (χ1n) is 8.31. The van der Waals surface area contributed by atoms with Crippen LogP contribution in [0.2, 0.25) is 0 Å². The lowest BCUT2D eigenvalue weighted by Gasteiger charge is -2.34. The van der Waals surface area contributed by atoms with E-state index in [0.29, 0.717) is 31.6 Å². The minimum Gasteiger partial charge on any atom is -0.335 e. The Balaban J connectivity index is 1.45. The number of amides is 2. The number of hydrogen-bond acceptors (Lipinski definition) is 4. The largest absolute Gasteiger partial charge is 0.335 e. The van der Waals surface area contributed by atoms with Crippen LogP contribution in [-0.4, -0.2) is 60.0 Å². The van der Waals surface area contributed by atoms with E-state index in [1.165, 1.54) is 5.56 Å². The normalized spacial score (nSPS) is 19.2. The fourth-order valence-electron chi connectivity index (χ4n) is 2.85. The van der Waals surface area contributed by atoms with Crippen LogP contribution < -0.4 is 5.43 Å². The summed E-state index contributed by atoms with van der Waals surface area (Å²) in [5.41, 5.74) is 4.05. The van der Waals surface area contributed by atoms with E-state index < -0.39 is 0 Å². The third-order valence-electron chi connectivity index (χ3n) is 4.28. The summed E-state index contributed by atoms with van der Waals surface area (Å²) in [6.07, 6.45) is 5.06. The maximum absolute atomic E-state index is 12.4. The molecule has 1 saturated heterocycles. The predicted octanol–water partition coefficient (Wildman–Crippen LogP) is 1.11. The molecule has 0 radical (unpaired) electrons. The highest BCUT2D eigenvalue weighted by Gasteiger charge is 2.26. The maximum atomic E-state index is 12.4. The van der Waals surface area contributed by atoms with E-state index >= 15 is 0 Å². The molecule has 0 spiro atoms. The third-order valence-corrected chi connectivity index (χ3v) is 4.28. The fourth-order valence-corrected chi connectivity index (χ4v) is 2.85. The maximum Gasteiger partial charge on any atom is 0.270 e. The molecule has 1 aromatic carbocycles. The standard InChI is InChI=1S/C18H22N4O2/c23-17-9-8-16(19-20-17)18(24)22-13-11-21(12-14-22)10-4-7-15-5-2-1-3-6-15/h1-7H,8-14H2,(H,20,23)/b7-4+. The van der Waals surface area contributed by atoms with E-state index in [4.69, 9.17) is 0 Å². The van der Waals surface area contributed by atoms with Gasteiger partial charge in [-0.15, -0.1) is 0 Å². The van der Waals surface area contributed by atoms with Gasteiger partial charge >= 0.3 is 0 Å². The van der Waals surface area contributed by atoms with E-state index in [0.717, 1.165) is 19.6 Å². The fraction of sp³-hybridized carbons (Fsp3) is 0.389. The van der Waals surface area contributed by atoms with Gasteiger partial charge in [-0.05, 0) is 5.56 Å². The zero-order valence-corrected chi connectivity index (χ0v) is 13.6. The van der Waals surface area contributed by atoms with Gasteiger partial charge in [-0.25, -0.2) is 5.43 Å². The molecule has 1 N–H and O–H groups in total. The SMILES string of the molecule is O=C1CCC(C(=O)N2CCN(C/C=C/c3ccccc3)CC2)=NN1. The molecule has 2 amide bonds. The summed E-state index contributed by atoms with van der Waals surface area (Å²) in [5.74, 6) is -0.170. The number of nitrogens with one attached hydrogen (secondary N) is 1. The molecular weight excluding hydrogens is 304 g/mol.